The van der Waals surface area contributed by atoms with Gasteiger partial charge in [-0.1, -0.05) is 0 Å². The van der Waals surface area contributed by atoms with Crippen molar-refractivity contribution in [3.8, 4) is 0 Å². The molecule has 0 saturated carbocycles. The summed E-state index contributed by atoms with van der Waals surface area (Å²) < 4.78 is 25.1. The molecule has 0 bridgehead atoms. The highest BCUT2D eigenvalue weighted by Crippen LogP contribution is 2.35. The van der Waals surface area contributed by atoms with E-state index in [-0.39, 0.29) is 20.2 Å². The number of hydrogen-bond donors (Lipinski definition) is 2. The van der Waals surface area contributed by atoms with Crippen molar-refractivity contribution in [3.05, 3.63) is 24.3 Å². The maximum absolute atomic E-state index is 12.4. The van der Waals surface area contributed by atoms with Crippen molar-refractivity contribution in [3.63, 3.8) is 0 Å². The van der Waals surface area contributed by atoms with Crippen LogP contribution in [0, 0.1) is 0 Å². The molecule has 2 N–H and O–H groups in total. The molecule has 0 aliphatic rings. The van der Waals surface area contributed by atoms with E-state index in [0.717, 1.165) is 22.7 Å². The van der Waals surface area contributed by atoms with Crippen molar-refractivity contribution in [2.24, 2.45) is 0 Å². The lowest BCUT2D eigenvalue weighted by Gasteiger charge is -1.98. The van der Waals surface area contributed by atoms with Gasteiger partial charge < -0.3 is 10.6 Å². The van der Waals surface area contributed by atoms with Gasteiger partial charge >= 0.3 is 0 Å². The van der Waals surface area contributed by atoms with E-state index in [0.29, 0.717) is 10.0 Å². The molecule has 0 fully saturated rings. The first kappa shape index (κ1) is 15.7. The Labute approximate surface area is 129 Å². The molecule has 0 atom stereocenters. The molecule has 2 amide bonds. The van der Waals surface area contributed by atoms with Gasteiger partial charge in [0.25, 0.3) is 0 Å². The van der Waals surface area contributed by atoms with Crippen LogP contribution in [0.4, 0.5) is 10.0 Å². The third-order valence-corrected chi connectivity index (χ3v) is 7.03. The molecule has 0 aliphatic heterocycles. The minimum absolute atomic E-state index is 0.141. The maximum atomic E-state index is 12.4. The Morgan fingerprint density at radius 3 is 1.57 bits per heavy atom. The monoisotopic (exact) mass is 344 g/mol. The Morgan fingerprint density at radius 2 is 1.24 bits per heavy atom. The summed E-state index contributed by atoms with van der Waals surface area (Å²) in [6.45, 7) is 2.71. The topological polar surface area (TPSA) is 92.3 Å². The van der Waals surface area contributed by atoms with Crippen molar-refractivity contribution in [2.75, 3.05) is 10.6 Å². The Balaban J connectivity index is 2.29. The van der Waals surface area contributed by atoms with Gasteiger partial charge in [-0.25, -0.2) is 8.42 Å². The Hall–Kier alpha value is -1.71. The van der Waals surface area contributed by atoms with Gasteiger partial charge in [0.2, 0.25) is 21.7 Å². The fraction of sp³-hybridized carbons (Fsp3) is 0.167. The summed E-state index contributed by atoms with van der Waals surface area (Å²) in [4.78, 5) is 21.9. The van der Waals surface area contributed by atoms with Crippen LogP contribution in [0.25, 0.3) is 0 Å². The normalized spacial score (nSPS) is 11.1. The van der Waals surface area contributed by atoms with Crippen molar-refractivity contribution in [1.29, 1.82) is 0 Å². The highest BCUT2D eigenvalue weighted by molar-refractivity contribution is 7.95. The lowest BCUT2D eigenvalue weighted by atomic mass is 10.6. The molecular weight excluding hydrogens is 332 g/mol. The van der Waals surface area contributed by atoms with Crippen LogP contribution in [-0.2, 0) is 19.4 Å². The smallest absolute Gasteiger partial charge is 0.225 e. The minimum atomic E-state index is -3.63. The van der Waals surface area contributed by atoms with E-state index in [2.05, 4.69) is 10.6 Å². The molecule has 2 rings (SSSR count). The van der Waals surface area contributed by atoms with E-state index in [1.807, 2.05) is 0 Å². The van der Waals surface area contributed by atoms with Crippen LogP contribution in [0.3, 0.4) is 0 Å². The van der Waals surface area contributed by atoms with E-state index in [4.69, 9.17) is 0 Å². The molecule has 2 aromatic heterocycles. The molecule has 21 heavy (non-hydrogen) atoms. The summed E-state index contributed by atoms with van der Waals surface area (Å²) in [5, 5.41) is 6.03. The molecule has 0 radical (unpaired) electrons. The quantitative estimate of drug-likeness (QED) is 0.891. The molecule has 0 saturated heterocycles. The number of thiophene rings is 2. The third kappa shape index (κ3) is 3.69. The number of sulfone groups is 1. The van der Waals surface area contributed by atoms with Gasteiger partial charge in [-0.15, -0.1) is 22.7 Å². The molecular formula is C12H12N2O4S3. The number of hydrogen-bond acceptors (Lipinski definition) is 6. The average Bonchev–Trinajstić information content (AvgIpc) is 2.97. The summed E-state index contributed by atoms with van der Waals surface area (Å²) in [6, 6.07) is 5.98. The van der Waals surface area contributed by atoms with Crippen LogP contribution < -0.4 is 10.6 Å². The summed E-state index contributed by atoms with van der Waals surface area (Å²) in [5.74, 6) is -0.519. The van der Waals surface area contributed by atoms with Gasteiger partial charge in [0, 0.05) is 13.8 Å². The SMILES string of the molecule is CC(=O)Nc1ccc(S(=O)(=O)c2ccc(NC(C)=O)s2)s1. The van der Waals surface area contributed by atoms with E-state index < -0.39 is 9.84 Å². The standard InChI is InChI=1S/C12H12N2O4S3/c1-7(15)13-9-3-5-11(19-9)21(17,18)12-6-4-10(20-12)14-8(2)16/h3-6H,1-2H3,(H,13,15)(H,14,16). The average molecular weight is 344 g/mol. The van der Waals surface area contributed by atoms with Crippen LogP contribution in [-0.4, -0.2) is 20.2 Å². The predicted molar refractivity (Wildman–Crippen MR) is 82.7 cm³/mol. The fourth-order valence-corrected chi connectivity index (χ4v) is 5.68. The van der Waals surface area contributed by atoms with Gasteiger partial charge in [0.05, 0.1) is 10.0 Å². The van der Waals surface area contributed by atoms with Crippen molar-refractivity contribution in [1.82, 2.24) is 0 Å². The number of amides is 2. The van der Waals surface area contributed by atoms with E-state index in [9.17, 15) is 18.0 Å². The molecule has 9 heteroatoms. The van der Waals surface area contributed by atoms with Gasteiger partial charge in [0.15, 0.2) is 0 Å². The van der Waals surface area contributed by atoms with E-state index in [1.54, 1.807) is 12.1 Å². The number of carbonyl (C=O) groups excluding carboxylic acids is 2. The Kier molecular flexibility index (Phi) is 4.45. The molecule has 0 aromatic carbocycles. The van der Waals surface area contributed by atoms with Gasteiger partial charge in [-0.3, -0.25) is 9.59 Å². The second kappa shape index (κ2) is 5.96. The first-order valence-electron chi connectivity index (χ1n) is 5.79. The van der Waals surface area contributed by atoms with Crippen LogP contribution in [0.5, 0.6) is 0 Å². The molecule has 0 aliphatic carbocycles. The lowest BCUT2D eigenvalue weighted by Crippen LogP contribution is -2.03. The minimum Gasteiger partial charge on any atom is -0.318 e. The Bertz CT molecular complexity index is 729. The number of nitrogens with one attached hydrogen (secondary N) is 2. The Morgan fingerprint density at radius 1 is 0.857 bits per heavy atom. The zero-order chi connectivity index (χ0) is 15.6. The van der Waals surface area contributed by atoms with Gasteiger partial charge in [0.1, 0.15) is 8.42 Å². The number of carbonyl (C=O) groups is 2. The summed E-state index contributed by atoms with van der Waals surface area (Å²) in [6.07, 6.45) is 0. The van der Waals surface area contributed by atoms with Crippen LogP contribution in [0.2, 0.25) is 0 Å². The van der Waals surface area contributed by atoms with Crippen LogP contribution in [0.1, 0.15) is 13.8 Å². The largest absolute Gasteiger partial charge is 0.318 e. The molecule has 0 spiro atoms. The highest BCUT2D eigenvalue weighted by atomic mass is 32.3. The summed E-state index contributed by atoms with van der Waals surface area (Å²) in [5.41, 5.74) is 0. The lowest BCUT2D eigenvalue weighted by molar-refractivity contribution is -0.115. The van der Waals surface area contributed by atoms with E-state index >= 15 is 0 Å². The maximum Gasteiger partial charge on any atom is 0.225 e. The second-order valence-electron chi connectivity index (χ2n) is 4.10. The molecule has 2 heterocycles. The van der Waals surface area contributed by atoms with Gasteiger partial charge in [-0.2, -0.15) is 0 Å². The van der Waals surface area contributed by atoms with Crippen LogP contribution in [0.15, 0.2) is 32.7 Å². The molecule has 0 unspecified atom stereocenters. The number of anilines is 2. The first-order valence-corrected chi connectivity index (χ1v) is 8.90. The van der Waals surface area contributed by atoms with Gasteiger partial charge in [-0.05, 0) is 24.3 Å². The van der Waals surface area contributed by atoms with E-state index in [1.165, 1.54) is 26.0 Å². The zero-order valence-corrected chi connectivity index (χ0v) is 13.6. The molecule has 2 aromatic rings. The second-order valence-corrected chi connectivity index (χ2v) is 8.67. The fourth-order valence-electron chi connectivity index (χ4n) is 1.51. The molecule has 6 nitrogen and oxygen atoms in total. The summed E-state index contributed by atoms with van der Waals surface area (Å²) in [7, 11) is -3.63. The van der Waals surface area contributed by atoms with Crippen molar-refractivity contribution >= 4 is 54.3 Å². The third-order valence-electron chi connectivity index (χ3n) is 2.29. The predicted octanol–water partition coefficient (Wildman–Crippen LogP) is 2.56. The summed E-state index contributed by atoms with van der Waals surface area (Å²) >= 11 is 1.97. The van der Waals surface area contributed by atoms with Crippen LogP contribution >= 0.6 is 22.7 Å². The first-order chi connectivity index (χ1) is 9.79. The number of rotatable bonds is 4. The van der Waals surface area contributed by atoms with Crippen molar-refractivity contribution < 1.29 is 18.0 Å². The highest BCUT2D eigenvalue weighted by Gasteiger charge is 2.22. The zero-order valence-electron chi connectivity index (χ0n) is 11.2. The van der Waals surface area contributed by atoms with Crippen molar-refractivity contribution in [2.45, 2.75) is 22.3 Å². The molecule has 112 valence electrons.